The van der Waals surface area contributed by atoms with Crippen molar-refractivity contribution in [2.45, 2.75) is 32.8 Å². The number of likely N-dealkylation sites (tertiary alicyclic amines) is 1. The fourth-order valence-corrected chi connectivity index (χ4v) is 1.70. The van der Waals surface area contributed by atoms with Gasteiger partial charge in [0.05, 0.1) is 5.76 Å². The Morgan fingerprint density at radius 2 is 2.42 bits per heavy atom. The van der Waals surface area contributed by atoms with Crippen LogP contribution < -0.4 is 0 Å². The van der Waals surface area contributed by atoms with Gasteiger partial charge in [0.1, 0.15) is 6.10 Å². The molecule has 1 rings (SSSR count). The molecule has 1 aliphatic heterocycles. The zero-order valence-corrected chi connectivity index (χ0v) is 8.18. The molecule has 1 fully saturated rings. The molecular formula is C10H19NO. The summed E-state index contributed by atoms with van der Waals surface area (Å²) in [6, 6.07) is 0. The van der Waals surface area contributed by atoms with Crippen molar-refractivity contribution in [2.75, 3.05) is 19.6 Å². The molecule has 1 heterocycles. The van der Waals surface area contributed by atoms with Crippen LogP contribution in [0.1, 0.15) is 26.7 Å². The molecule has 12 heavy (non-hydrogen) atoms. The fraction of sp³-hybridized carbons (Fsp3) is 0.800. The fourth-order valence-electron chi connectivity index (χ4n) is 1.70. The van der Waals surface area contributed by atoms with Gasteiger partial charge >= 0.3 is 0 Å². The van der Waals surface area contributed by atoms with Crippen LogP contribution in [-0.2, 0) is 4.74 Å². The summed E-state index contributed by atoms with van der Waals surface area (Å²) in [5.74, 6) is 0.846. The Hall–Kier alpha value is -0.500. The average molecular weight is 169 g/mol. The first kappa shape index (κ1) is 9.59. The van der Waals surface area contributed by atoms with E-state index in [-0.39, 0.29) is 0 Å². The summed E-state index contributed by atoms with van der Waals surface area (Å²) in [6.07, 6.45) is 2.79. The number of hydrogen-bond acceptors (Lipinski definition) is 2. The lowest BCUT2D eigenvalue weighted by Gasteiger charge is -2.15. The quantitative estimate of drug-likeness (QED) is 0.597. The Labute approximate surface area is 75.2 Å². The third-order valence-electron chi connectivity index (χ3n) is 2.14. The van der Waals surface area contributed by atoms with Gasteiger partial charge in [0.25, 0.3) is 0 Å². The molecule has 1 saturated heterocycles. The Bertz CT molecular complexity index is 156. The molecule has 0 radical (unpaired) electrons. The van der Waals surface area contributed by atoms with Gasteiger partial charge in [-0.2, -0.15) is 0 Å². The van der Waals surface area contributed by atoms with E-state index in [1.165, 1.54) is 19.5 Å². The van der Waals surface area contributed by atoms with Crippen molar-refractivity contribution in [2.24, 2.45) is 0 Å². The summed E-state index contributed by atoms with van der Waals surface area (Å²) >= 11 is 0. The van der Waals surface area contributed by atoms with Crippen LogP contribution in [0.2, 0.25) is 0 Å². The second kappa shape index (κ2) is 4.51. The predicted octanol–water partition coefficient (Wildman–Crippen LogP) is 2.02. The van der Waals surface area contributed by atoms with Crippen LogP contribution >= 0.6 is 0 Å². The second-order valence-electron chi connectivity index (χ2n) is 3.53. The van der Waals surface area contributed by atoms with Crippen LogP contribution in [-0.4, -0.2) is 30.6 Å². The third-order valence-corrected chi connectivity index (χ3v) is 2.14. The van der Waals surface area contributed by atoms with Crippen LogP contribution in [0.5, 0.6) is 0 Å². The maximum absolute atomic E-state index is 5.55. The maximum Gasteiger partial charge on any atom is 0.112 e. The molecule has 0 spiro atoms. The van der Waals surface area contributed by atoms with E-state index in [1.54, 1.807) is 0 Å². The third kappa shape index (κ3) is 2.86. The Morgan fingerprint density at radius 1 is 1.67 bits per heavy atom. The Kier molecular flexibility index (Phi) is 3.60. The lowest BCUT2D eigenvalue weighted by Crippen LogP contribution is -2.23. The largest absolute Gasteiger partial charge is 0.494 e. The van der Waals surface area contributed by atoms with E-state index >= 15 is 0 Å². The van der Waals surface area contributed by atoms with E-state index in [0.717, 1.165) is 18.7 Å². The molecule has 0 bridgehead atoms. The van der Waals surface area contributed by atoms with Gasteiger partial charge in [-0.1, -0.05) is 13.5 Å². The van der Waals surface area contributed by atoms with Gasteiger partial charge in [0.15, 0.2) is 0 Å². The van der Waals surface area contributed by atoms with Gasteiger partial charge in [0, 0.05) is 13.1 Å². The summed E-state index contributed by atoms with van der Waals surface area (Å²) in [5, 5.41) is 0. The topological polar surface area (TPSA) is 12.5 Å². The smallest absolute Gasteiger partial charge is 0.112 e. The number of allylic oxidation sites excluding steroid dienone is 1. The van der Waals surface area contributed by atoms with Crippen molar-refractivity contribution in [1.29, 1.82) is 0 Å². The highest BCUT2D eigenvalue weighted by molar-refractivity contribution is 4.82. The lowest BCUT2D eigenvalue weighted by molar-refractivity contribution is 0.123. The second-order valence-corrected chi connectivity index (χ2v) is 3.53. The van der Waals surface area contributed by atoms with Crippen molar-refractivity contribution in [1.82, 2.24) is 4.90 Å². The van der Waals surface area contributed by atoms with Crippen LogP contribution in [0.15, 0.2) is 12.3 Å². The van der Waals surface area contributed by atoms with Crippen LogP contribution in [0.4, 0.5) is 0 Å². The average Bonchev–Trinajstić information content (AvgIpc) is 2.36. The molecule has 0 aromatic heterocycles. The molecule has 2 nitrogen and oxygen atoms in total. The summed E-state index contributed by atoms with van der Waals surface area (Å²) in [7, 11) is 0. The summed E-state index contributed by atoms with van der Waals surface area (Å²) in [5.41, 5.74) is 0. The molecule has 1 atom stereocenters. The first-order valence-electron chi connectivity index (χ1n) is 4.77. The van der Waals surface area contributed by atoms with Gasteiger partial charge in [-0.25, -0.2) is 0 Å². The predicted molar refractivity (Wildman–Crippen MR) is 51.0 cm³/mol. The molecular weight excluding hydrogens is 150 g/mol. The van der Waals surface area contributed by atoms with Crippen molar-refractivity contribution in [3.63, 3.8) is 0 Å². The highest BCUT2D eigenvalue weighted by atomic mass is 16.5. The Balaban J connectivity index is 2.21. The van der Waals surface area contributed by atoms with E-state index in [9.17, 15) is 0 Å². The van der Waals surface area contributed by atoms with Gasteiger partial charge in [-0.3, -0.25) is 4.90 Å². The zero-order valence-electron chi connectivity index (χ0n) is 8.18. The standard InChI is InChI=1S/C10H19NO/c1-4-6-11-7-5-10(8-11)12-9(2)3/h10H,2,4-8H2,1,3H3/t10-/m1/s1. The zero-order chi connectivity index (χ0) is 8.97. The minimum Gasteiger partial charge on any atom is -0.494 e. The van der Waals surface area contributed by atoms with Crippen LogP contribution in [0.3, 0.4) is 0 Å². The van der Waals surface area contributed by atoms with E-state index in [2.05, 4.69) is 18.4 Å². The number of ether oxygens (including phenoxy) is 1. The molecule has 0 N–H and O–H groups in total. The molecule has 1 aliphatic rings. The molecule has 70 valence electrons. The Morgan fingerprint density at radius 3 is 3.00 bits per heavy atom. The summed E-state index contributed by atoms with van der Waals surface area (Å²) in [6.45, 7) is 11.4. The monoisotopic (exact) mass is 169 g/mol. The van der Waals surface area contributed by atoms with Gasteiger partial charge in [-0.15, -0.1) is 0 Å². The molecule has 0 aliphatic carbocycles. The normalized spacial score (nSPS) is 24.3. The van der Waals surface area contributed by atoms with Gasteiger partial charge in [-0.05, 0) is 26.3 Å². The lowest BCUT2D eigenvalue weighted by atomic mass is 10.3. The van der Waals surface area contributed by atoms with Crippen molar-refractivity contribution in [3.8, 4) is 0 Å². The van der Waals surface area contributed by atoms with Crippen molar-refractivity contribution in [3.05, 3.63) is 12.3 Å². The van der Waals surface area contributed by atoms with Gasteiger partial charge < -0.3 is 4.74 Å². The molecule has 0 amide bonds. The van der Waals surface area contributed by atoms with E-state index in [1.807, 2.05) is 6.92 Å². The molecule has 0 unspecified atom stereocenters. The first-order valence-corrected chi connectivity index (χ1v) is 4.77. The first-order chi connectivity index (χ1) is 5.72. The molecule has 0 aromatic carbocycles. The highest BCUT2D eigenvalue weighted by Crippen LogP contribution is 2.14. The van der Waals surface area contributed by atoms with Gasteiger partial charge in [0.2, 0.25) is 0 Å². The summed E-state index contributed by atoms with van der Waals surface area (Å²) in [4.78, 5) is 2.45. The van der Waals surface area contributed by atoms with E-state index < -0.39 is 0 Å². The van der Waals surface area contributed by atoms with Crippen molar-refractivity contribution >= 4 is 0 Å². The van der Waals surface area contributed by atoms with E-state index in [4.69, 9.17) is 4.74 Å². The molecule has 0 saturated carbocycles. The molecule has 2 heteroatoms. The number of hydrogen-bond donors (Lipinski definition) is 0. The van der Waals surface area contributed by atoms with Crippen molar-refractivity contribution < 1.29 is 4.74 Å². The SMILES string of the molecule is C=C(C)O[C@@H]1CCN(CCC)C1. The minimum atomic E-state index is 0.397. The van der Waals surface area contributed by atoms with E-state index in [0.29, 0.717) is 6.10 Å². The van der Waals surface area contributed by atoms with Crippen LogP contribution in [0, 0.1) is 0 Å². The minimum absolute atomic E-state index is 0.397. The van der Waals surface area contributed by atoms with Crippen LogP contribution in [0.25, 0.3) is 0 Å². The maximum atomic E-state index is 5.55. The summed E-state index contributed by atoms with van der Waals surface area (Å²) < 4.78 is 5.55. The number of nitrogens with zero attached hydrogens (tertiary/aromatic N) is 1. The highest BCUT2D eigenvalue weighted by Gasteiger charge is 2.22. The number of rotatable bonds is 4. The molecule has 0 aromatic rings.